The van der Waals surface area contributed by atoms with E-state index in [0.29, 0.717) is 5.56 Å². The highest BCUT2D eigenvalue weighted by Gasteiger charge is 2.41. The van der Waals surface area contributed by atoms with Gasteiger partial charge in [-0.15, -0.1) is 0 Å². The number of carboxylic acids is 1. The Balaban J connectivity index is 1.95. The number of carbonyl (C=O) groups excluding carboxylic acids is 3. The number of rotatable bonds is 9. The summed E-state index contributed by atoms with van der Waals surface area (Å²) in [5.41, 5.74) is 0.0786. The van der Waals surface area contributed by atoms with Gasteiger partial charge in [0, 0.05) is 12.1 Å². The first-order valence-electron chi connectivity index (χ1n) is 10.5. The molecule has 11 nitrogen and oxygen atoms in total. The largest absolute Gasteiger partial charge is 0.478 e. The molecule has 0 saturated heterocycles. The van der Waals surface area contributed by atoms with Gasteiger partial charge in [0.05, 0.1) is 21.7 Å². The average molecular weight is 492 g/mol. The van der Waals surface area contributed by atoms with Crippen LogP contribution in [0, 0.1) is 17.0 Å². The van der Waals surface area contributed by atoms with Crippen LogP contribution in [0.2, 0.25) is 0 Å². The van der Waals surface area contributed by atoms with Crippen LogP contribution in [0.15, 0.2) is 78.9 Å². The van der Waals surface area contributed by atoms with Crippen molar-refractivity contribution in [2.75, 3.05) is 5.32 Å². The summed E-state index contributed by atoms with van der Waals surface area (Å²) in [5.74, 6) is -5.04. The smallest absolute Gasteiger partial charge is 0.349 e. The SMILES string of the molecule is Cc1ccc([N+](=O)[O-])cc1NC(=O)[C@@H](OC(=O)c1ccccc1)[C@@H](OC(=O)c1ccccc1)C(=O)O. The lowest BCUT2D eigenvalue weighted by Gasteiger charge is -2.24. The normalized spacial score (nSPS) is 12.0. The van der Waals surface area contributed by atoms with Crippen LogP contribution in [0.3, 0.4) is 0 Å². The number of aliphatic carboxylic acids is 1. The molecule has 0 aliphatic rings. The van der Waals surface area contributed by atoms with Crippen molar-refractivity contribution in [3.63, 3.8) is 0 Å². The molecule has 1 amide bonds. The lowest BCUT2D eigenvalue weighted by Crippen LogP contribution is -2.48. The highest BCUT2D eigenvalue weighted by atomic mass is 16.6. The predicted molar refractivity (Wildman–Crippen MR) is 125 cm³/mol. The monoisotopic (exact) mass is 492 g/mol. The summed E-state index contributed by atoms with van der Waals surface area (Å²) in [5, 5.41) is 23.2. The van der Waals surface area contributed by atoms with Gasteiger partial charge in [-0.25, -0.2) is 14.4 Å². The number of anilines is 1. The number of amides is 1. The van der Waals surface area contributed by atoms with Crippen LogP contribution < -0.4 is 5.32 Å². The fourth-order valence-electron chi connectivity index (χ4n) is 3.07. The lowest BCUT2D eigenvalue weighted by molar-refractivity contribution is -0.384. The number of non-ortho nitro benzene ring substituents is 1. The number of ether oxygens (including phenoxy) is 2. The molecule has 0 fully saturated rings. The molecule has 11 heteroatoms. The van der Waals surface area contributed by atoms with Gasteiger partial charge in [-0.2, -0.15) is 0 Å². The van der Waals surface area contributed by atoms with Gasteiger partial charge in [-0.1, -0.05) is 42.5 Å². The van der Waals surface area contributed by atoms with E-state index >= 15 is 0 Å². The number of esters is 2. The Bertz CT molecular complexity index is 1290. The Hall–Kier alpha value is -5.06. The van der Waals surface area contributed by atoms with Crippen LogP contribution in [0.1, 0.15) is 26.3 Å². The van der Waals surface area contributed by atoms with Crippen LogP contribution in [-0.4, -0.2) is 46.1 Å². The van der Waals surface area contributed by atoms with Gasteiger partial charge in [0.25, 0.3) is 11.6 Å². The fourth-order valence-corrected chi connectivity index (χ4v) is 3.07. The number of nitrogens with zero attached hydrogens (tertiary/aromatic N) is 1. The number of nitro groups is 1. The van der Waals surface area contributed by atoms with E-state index in [9.17, 15) is 34.4 Å². The molecule has 36 heavy (non-hydrogen) atoms. The number of nitro benzene ring substituents is 1. The summed E-state index contributed by atoms with van der Waals surface area (Å²) in [7, 11) is 0. The highest BCUT2D eigenvalue weighted by molar-refractivity contribution is 6.02. The Morgan fingerprint density at radius 3 is 1.81 bits per heavy atom. The van der Waals surface area contributed by atoms with Gasteiger partial charge in [-0.05, 0) is 36.8 Å². The quantitative estimate of drug-likeness (QED) is 0.259. The maximum absolute atomic E-state index is 13.2. The second-order valence-electron chi connectivity index (χ2n) is 7.47. The maximum atomic E-state index is 13.2. The Morgan fingerprint density at radius 2 is 1.33 bits per heavy atom. The molecule has 0 bridgehead atoms. The van der Waals surface area contributed by atoms with E-state index in [0.717, 1.165) is 6.07 Å². The molecule has 0 spiro atoms. The van der Waals surface area contributed by atoms with Crippen LogP contribution >= 0.6 is 0 Å². The second-order valence-corrected chi connectivity index (χ2v) is 7.47. The zero-order valence-corrected chi connectivity index (χ0v) is 18.8. The van der Waals surface area contributed by atoms with Gasteiger partial charge in [0.1, 0.15) is 0 Å². The third kappa shape index (κ3) is 6.29. The Labute approximate surface area is 204 Å². The van der Waals surface area contributed by atoms with Gasteiger partial charge in [-0.3, -0.25) is 14.9 Å². The number of aryl methyl sites for hydroxylation is 1. The third-order valence-electron chi connectivity index (χ3n) is 4.95. The lowest BCUT2D eigenvalue weighted by atomic mass is 10.1. The topological polar surface area (TPSA) is 162 Å². The summed E-state index contributed by atoms with van der Waals surface area (Å²) >= 11 is 0. The molecule has 0 heterocycles. The Kier molecular flexibility index (Phi) is 8.08. The van der Waals surface area contributed by atoms with Crippen molar-refractivity contribution in [1.82, 2.24) is 0 Å². The first-order valence-corrected chi connectivity index (χ1v) is 10.5. The minimum absolute atomic E-state index is 0.00632. The molecular formula is C25H20N2O9. The van der Waals surface area contributed by atoms with Crippen molar-refractivity contribution in [3.05, 3.63) is 106 Å². The van der Waals surface area contributed by atoms with Crippen molar-refractivity contribution in [3.8, 4) is 0 Å². The van der Waals surface area contributed by atoms with Gasteiger partial charge in [0.15, 0.2) is 0 Å². The molecule has 0 aromatic heterocycles. The molecule has 0 saturated carbocycles. The molecule has 3 aromatic carbocycles. The standard InChI is InChI=1S/C25H20N2O9/c1-15-12-13-18(27(33)34)14-19(15)26-22(28)20(35-24(31)16-8-4-2-5-9-16)21(23(29)30)36-25(32)17-10-6-3-7-11-17/h2-14,20-21H,1H3,(H,26,28)(H,29,30)/t20-,21+/m0/s1. The first-order chi connectivity index (χ1) is 17.2. The van der Waals surface area contributed by atoms with E-state index in [1.807, 2.05) is 0 Å². The second kappa shape index (κ2) is 11.4. The molecule has 0 aliphatic carbocycles. The van der Waals surface area contributed by atoms with E-state index in [2.05, 4.69) is 5.32 Å². The molecule has 2 atom stereocenters. The summed E-state index contributed by atoms with van der Waals surface area (Å²) in [6.45, 7) is 1.55. The van der Waals surface area contributed by atoms with E-state index < -0.39 is 40.9 Å². The molecule has 184 valence electrons. The summed E-state index contributed by atoms with van der Waals surface area (Å²) in [6.07, 6.45) is -4.37. The molecule has 3 aromatic rings. The van der Waals surface area contributed by atoms with Crippen LogP contribution in [-0.2, 0) is 19.1 Å². The molecular weight excluding hydrogens is 472 g/mol. The van der Waals surface area contributed by atoms with Crippen molar-refractivity contribution in [2.45, 2.75) is 19.1 Å². The average Bonchev–Trinajstić information content (AvgIpc) is 2.87. The van der Waals surface area contributed by atoms with Gasteiger partial charge in [0.2, 0.25) is 12.2 Å². The maximum Gasteiger partial charge on any atom is 0.349 e. The highest BCUT2D eigenvalue weighted by Crippen LogP contribution is 2.23. The minimum Gasteiger partial charge on any atom is -0.478 e. The molecule has 0 aliphatic heterocycles. The minimum atomic E-state index is -2.23. The fraction of sp³-hybridized carbons (Fsp3) is 0.120. The summed E-state index contributed by atoms with van der Waals surface area (Å²) < 4.78 is 10.3. The van der Waals surface area contributed by atoms with Crippen molar-refractivity contribution >= 4 is 35.2 Å². The number of benzene rings is 3. The van der Waals surface area contributed by atoms with Crippen LogP contribution in [0.5, 0.6) is 0 Å². The molecule has 2 N–H and O–H groups in total. The van der Waals surface area contributed by atoms with Crippen molar-refractivity contribution in [2.24, 2.45) is 0 Å². The van der Waals surface area contributed by atoms with Crippen molar-refractivity contribution < 1.29 is 38.7 Å². The number of hydrogen-bond donors (Lipinski definition) is 2. The molecule has 3 rings (SSSR count). The van der Waals surface area contributed by atoms with Crippen LogP contribution in [0.25, 0.3) is 0 Å². The molecule has 0 radical (unpaired) electrons. The van der Waals surface area contributed by atoms with Gasteiger partial charge >= 0.3 is 17.9 Å². The zero-order valence-electron chi connectivity index (χ0n) is 18.8. The van der Waals surface area contributed by atoms with E-state index in [-0.39, 0.29) is 22.5 Å². The van der Waals surface area contributed by atoms with Crippen LogP contribution in [0.4, 0.5) is 11.4 Å². The first kappa shape index (κ1) is 25.6. The van der Waals surface area contributed by atoms with E-state index in [1.54, 1.807) is 19.1 Å². The van der Waals surface area contributed by atoms with Crippen molar-refractivity contribution in [1.29, 1.82) is 0 Å². The van der Waals surface area contributed by atoms with E-state index in [4.69, 9.17) is 9.47 Å². The molecule has 0 unspecified atom stereocenters. The summed E-state index contributed by atoms with van der Waals surface area (Å²) in [4.78, 5) is 60.9. The zero-order chi connectivity index (χ0) is 26.2. The number of carboxylic acid groups (broad SMARTS) is 1. The number of hydrogen-bond acceptors (Lipinski definition) is 8. The van der Waals surface area contributed by atoms with Gasteiger partial charge < -0.3 is 19.9 Å². The number of carbonyl (C=O) groups is 4. The predicted octanol–water partition coefficient (Wildman–Crippen LogP) is 3.38. The Morgan fingerprint density at radius 1 is 0.833 bits per heavy atom. The third-order valence-corrected chi connectivity index (χ3v) is 4.95. The summed E-state index contributed by atoms with van der Waals surface area (Å²) in [6, 6.07) is 18.5. The van der Waals surface area contributed by atoms with E-state index in [1.165, 1.54) is 60.7 Å². The number of nitrogens with one attached hydrogen (secondary N) is 1.